The molecular weight excluding hydrogens is 434 g/mol. The average Bonchev–Trinajstić information content (AvgIpc) is 3.42. The van der Waals surface area contributed by atoms with Gasteiger partial charge in [0.15, 0.2) is 5.65 Å². The molecule has 2 aromatic carbocycles. The van der Waals surface area contributed by atoms with Crippen molar-refractivity contribution < 1.29 is 8.78 Å². The van der Waals surface area contributed by atoms with Crippen LogP contribution in [0.4, 0.5) is 14.7 Å². The lowest BCUT2D eigenvalue weighted by molar-refractivity contribution is 0.489. The standard InChI is InChI=1S/C23H21ClF2N6/c24-16-5-3-7-18(26)20(16)22-30-19-12-29-23(28-11-15-4-1-2-6-17(15)25)31-21(19)32(22)13-14-8-9-27-10-14/h1-7,12,14,27H,8-11,13H2,(H,28,29,31). The molecule has 2 aromatic heterocycles. The van der Waals surface area contributed by atoms with Crippen LogP contribution in [0.1, 0.15) is 12.0 Å². The van der Waals surface area contributed by atoms with E-state index in [4.69, 9.17) is 11.6 Å². The molecule has 5 rings (SSSR count). The topological polar surface area (TPSA) is 67.7 Å². The highest BCUT2D eigenvalue weighted by Crippen LogP contribution is 2.33. The highest BCUT2D eigenvalue weighted by atomic mass is 35.5. The van der Waals surface area contributed by atoms with Crippen molar-refractivity contribution >= 4 is 28.7 Å². The molecule has 3 heterocycles. The van der Waals surface area contributed by atoms with Crippen LogP contribution >= 0.6 is 11.6 Å². The van der Waals surface area contributed by atoms with Crippen molar-refractivity contribution in [2.45, 2.75) is 19.5 Å². The number of anilines is 1. The lowest BCUT2D eigenvalue weighted by atomic mass is 10.1. The smallest absolute Gasteiger partial charge is 0.225 e. The first kappa shape index (κ1) is 20.8. The molecule has 1 atom stereocenters. The van der Waals surface area contributed by atoms with Crippen LogP contribution in [0.2, 0.25) is 5.02 Å². The molecule has 2 N–H and O–H groups in total. The van der Waals surface area contributed by atoms with Gasteiger partial charge in [-0.3, -0.25) is 0 Å². The molecule has 0 amide bonds. The van der Waals surface area contributed by atoms with Crippen LogP contribution in [-0.4, -0.2) is 32.6 Å². The molecule has 164 valence electrons. The number of benzene rings is 2. The van der Waals surface area contributed by atoms with Gasteiger partial charge in [0.25, 0.3) is 0 Å². The Hall–Kier alpha value is -3.10. The quantitative estimate of drug-likeness (QED) is 0.444. The number of imidazole rings is 1. The molecule has 32 heavy (non-hydrogen) atoms. The molecule has 0 radical (unpaired) electrons. The third kappa shape index (κ3) is 4.03. The number of nitrogens with zero attached hydrogens (tertiary/aromatic N) is 4. The van der Waals surface area contributed by atoms with Crippen molar-refractivity contribution in [1.82, 2.24) is 24.8 Å². The van der Waals surface area contributed by atoms with Crippen LogP contribution in [0, 0.1) is 17.6 Å². The fourth-order valence-corrected chi connectivity index (χ4v) is 4.27. The molecule has 0 saturated carbocycles. The Morgan fingerprint density at radius 2 is 1.94 bits per heavy atom. The van der Waals surface area contributed by atoms with Gasteiger partial charge >= 0.3 is 0 Å². The predicted octanol–water partition coefficient (Wildman–Crippen LogP) is 4.65. The van der Waals surface area contributed by atoms with Gasteiger partial charge in [0, 0.05) is 18.7 Å². The van der Waals surface area contributed by atoms with Gasteiger partial charge in [-0.1, -0.05) is 35.9 Å². The van der Waals surface area contributed by atoms with E-state index in [1.54, 1.807) is 36.5 Å². The lowest BCUT2D eigenvalue weighted by Crippen LogP contribution is -2.16. The van der Waals surface area contributed by atoms with Crippen molar-refractivity contribution in [3.05, 3.63) is 70.9 Å². The van der Waals surface area contributed by atoms with Crippen LogP contribution in [0.15, 0.2) is 48.7 Å². The number of hydrogen-bond donors (Lipinski definition) is 2. The number of rotatable bonds is 6. The van der Waals surface area contributed by atoms with Gasteiger partial charge in [0.2, 0.25) is 5.95 Å². The van der Waals surface area contributed by atoms with Crippen LogP contribution in [0.5, 0.6) is 0 Å². The van der Waals surface area contributed by atoms with Crippen LogP contribution in [0.3, 0.4) is 0 Å². The minimum absolute atomic E-state index is 0.241. The summed E-state index contributed by atoms with van der Waals surface area (Å²) in [6.45, 7) is 2.67. The normalized spacial score (nSPS) is 16.0. The molecule has 4 aromatic rings. The summed E-state index contributed by atoms with van der Waals surface area (Å²) in [5.74, 6) is 0.399. The average molecular weight is 455 g/mol. The second kappa shape index (κ2) is 8.80. The van der Waals surface area contributed by atoms with Gasteiger partial charge in [-0.15, -0.1) is 0 Å². The molecule has 1 aliphatic rings. The van der Waals surface area contributed by atoms with E-state index >= 15 is 0 Å². The second-order valence-electron chi connectivity index (χ2n) is 7.85. The Balaban J connectivity index is 1.55. The van der Waals surface area contributed by atoms with Gasteiger partial charge in [0.1, 0.15) is 23.0 Å². The predicted molar refractivity (Wildman–Crippen MR) is 120 cm³/mol. The number of halogens is 3. The largest absolute Gasteiger partial charge is 0.350 e. The monoisotopic (exact) mass is 454 g/mol. The highest BCUT2D eigenvalue weighted by molar-refractivity contribution is 6.33. The van der Waals surface area contributed by atoms with Crippen LogP contribution in [-0.2, 0) is 13.1 Å². The summed E-state index contributed by atoms with van der Waals surface area (Å²) in [6, 6.07) is 11.1. The van der Waals surface area contributed by atoms with Crippen molar-refractivity contribution in [2.24, 2.45) is 5.92 Å². The molecular formula is C23H21ClF2N6. The molecule has 0 spiro atoms. The molecule has 1 unspecified atom stereocenters. The van der Waals surface area contributed by atoms with Gasteiger partial charge in [-0.2, -0.15) is 4.98 Å². The Bertz CT molecular complexity index is 1250. The van der Waals surface area contributed by atoms with Crippen molar-refractivity contribution in [3.63, 3.8) is 0 Å². The molecule has 1 fully saturated rings. The van der Waals surface area contributed by atoms with Gasteiger partial charge in [-0.05, 0) is 43.6 Å². The van der Waals surface area contributed by atoms with E-state index in [2.05, 4.69) is 25.6 Å². The fraction of sp³-hybridized carbons (Fsp3) is 0.261. The molecule has 1 saturated heterocycles. The zero-order chi connectivity index (χ0) is 22.1. The number of nitrogens with one attached hydrogen (secondary N) is 2. The minimum atomic E-state index is -0.440. The van der Waals surface area contributed by atoms with E-state index in [-0.39, 0.29) is 22.9 Å². The Labute approximate surface area is 188 Å². The maximum Gasteiger partial charge on any atom is 0.225 e. The summed E-state index contributed by atoms with van der Waals surface area (Å²) in [6.07, 6.45) is 2.60. The van der Waals surface area contributed by atoms with E-state index in [9.17, 15) is 8.78 Å². The molecule has 6 nitrogen and oxygen atoms in total. The summed E-state index contributed by atoms with van der Waals surface area (Å²) < 4.78 is 30.6. The third-order valence-electron chi connectivity index (χ3n) is 5.67. The Kier molecular flexibility index (Phi) is 5.71. The third-order valence-corrected chi connectivity index (χ3v) is 5.99. The number of aromatic nitrogens is 4. The zero-order valence-electron chi connectivity index (χ0n) is 17.2. The maximum absolute atomic E-state index is 14.7. The highest BCUT2D eigenvalue weighted by Gasteiger charge is 2.24. The van der Waals surface area contributed by atoms with Crippen molar-refractivity contribution in [2.75, 3.05) is 18.4 Å². The van der Waals surface area contributed by atoms with Crippen molar-refractivity contribution in [1.29, 1.82) is 0 Å². The van der Waals surface area contributed by atoms with E-state index in [1.165, 1.54) is 12.1 Å². The minimum Gasteiger partial charge on any atom is -0.350 e. The number of fused-ring (bicyclic) bond motifs is 1. The first-order valence-electron chi connectivity index (χ1n) is 10.5. The summed E-state index contributed by atoms with van der Waals surface area (Å²) >= 11 is 6.35. The van der Waals surface area contributed by atoms with Gasteiger partial charge < -0.3 is 15.2 Å². The Morgan fingerprint density at radius 3 is 2.72 bits per heavy atom. The fourth-order valence-electron chi connectivity index (χ4n) is 4.02. The van der Waals surface area contributed by atoms with Gasteiger partial charge in [0.05, 0.1) is 16.8 Å². The van der Waals surface area contributed by atoms with Gasteiger partial charge in [-0.25, -0.2) is 18.7 Å². The lowest BCUT2D eigenvalue weighted by Gasteiger charge is -2.14. The summed E-state index contributed by atoms with van der Waals surface area (Å²) in [4.78, 5) is 13.6. The van der Waals surface area contributed by atoms with E-state index in [1.807, 2.05) is 4.57 Å². The molecule has 0 bridgehead atoms. The zero-order valence-corrected chi connectivity index (χ0v) is 17.9. The summed E-state index contributed by atoms with van der Waals surface area (Å²) in [7, 11) is 0. The SMILES string of the molecule is Fc1ccccc1CNc1ncc2nc(-c3c(F)cccc3Cl)n(CC3CCNC3)c2n1. The van der Waals surface area contributed by atoms with E-state index in [0.29, 0.717) is 41.0 Å². The molecule has 9 heteroatoms. The maximum atomic E-state index is 14.7. The molecule has 0 aliphatic carbocycles. The van der Waals surface area contributed by atoms with E-state index < -0.39 is 5.82 Å². The summed E-state index contributed by atoms with van der Waals surface area (Å²) in [5.41, 5.74) is 1.89. The summed E-state index contributed by atoms with van der Waals surface area (Å²) in [5, 5.41) is 6.72. The first-order chi connectivity index (χ1) is 15.6. The first-order valence-corrected chi connectivity index (χ1v) is 10.8. The van der Waals surface area contributed by atoms with E-state index in [0.717, 1.165) is 19.5 Å². The van der Waals surface area contributed by atoms with Crippen molar-refractivity contribution in [3.8, 4) is 11.4 Å². The van der Waals surface area contributed by atoms with Crippen LogP contribution < -0.4 is 10.6 Å². The Morgan fingerprint density at radius 1 is 1.09 bits per heavy atom. The molecule has 1 aliphatic heterocycles. The number of hydrogen-bond acceptors (Lipinski definition) is 5. The van der Waals surface area contributed by atoms with Crippen LogP contribution in [0.25, 0.3) is 22.6 Å². The second-order valence-corrected chi connectivity index (χ2v) is 8.26.